The molecule has 3 atom stereocenters. The summed E-state index contributed by atoms with van der Waals surface area (Å²) in [5.74, 6) is -0.370. The summed E-state index contributed by atoms with van der Waals surface area (Å²) >= 11 is 0. The third-order valence-corrected chi connectivity index (χ3v) is 6.77. The third-order valence-electron chi connectivity index (χ3n) is 6.77. The van der Waals surface area contributed by atoms with Gasteiger partial charge in [-0.15, -0.1) is 0 Å². The maximum absolute atomic E-state index is 14.0. The Labute approximate surface area is 224 Å². The fraction of sp³-hybridized carbons (Fsp3) is 0.387. The van der Waals surface area contributed by atoms with Crippen LogP contribution in [0, 0.1) is 19.8 Å². The Morgan fingerprint density at radius 3 is 2.34 bits per heavy atom. The van der Waals surface area contributed by atoms with Gasteiger partial charge in [-0.1, -0.05) is 61.0 Å². The quantitative estimate of drug-likeness (QED) is 0.410. The molecule has 1 saturated carbocycles. The van der Waals surface area contributed by atoms with Gasteiger partial charge in [0.25, 0.3) is 5.91 Å². The van der Waals surface area contributed by atoms with Crippen molar-refractivity contribution in [1.29, 1.82) is 0 Å². The van der Waals surface area contributed by atoms with Crippen molar-refractivity contribution in [3.8, 4) is 0 Å². The number of rotatable bonds is 7. The molecule has 0 bridgehead atoms. The summed E-state index contributed by atoms with van der Waals surface area (Å²) in [6.45, 7) is 11.0. The molecule has 0 radical (unpaired) electrons. The first-order valence-corrected chi connectivity index (χ1v) is 13.1. The minimum Gasteiger partial charge on any atom is -0.444 e. The zero-order valence-electron chi connectivity index (χ0n) is 23.0. The van der Waals surface area contributed by atoms with Crippen molar-refractivity contribution in [3.05, 3.63) is 77.4 Å². The molecule has 200 valence electrons. The summed E-state index contributed by atoms with van der Waals surface area (Å²) in [5, 5.41) is 7.73. The van der Waals surface area contributed by atoms with Crippen molar-refractivity contribution in [1.82, 2.24) is 10.2 Å². The number of fused-ring (bicyclic) bond motifs is 1. The predicted octanol–water partition coefficient (Wildman–Crippen LogP) is 5.90. The van der Waals surface area contributed by atoms with Crippen LogP contribution in [0.1, 0.15) is 56.8 Å². The van der Waals surface area contributed by atoms with Crippen LogP contribution < -0.4 is 10.6 Å². The van der Waals surface area contributed by atoms with E-state index in [-0.39, 0.29) is 30.3 Å². The molecule has 3 unspecified atom stereocenters. The van der Waals surface area contributed by atoms with E-state index in [1.807, 2.05) is 74.5 Å². The van der Waals surface area contributed by atoms with Gasteiger partial charge in [0, 0.05) is 11.7 Å². The Balaban J connectivity index is 1.66. The fourth-order valence-electron chi connectivity index (χ4n) is 4.71. The van der Waals surface area contributed by atoms with Gasteiger partial charge >= 0.3 is 6.09 Å². The van der Waals surface area contributed by atoms with Gasteiger partial charge in [0.1, 0.15) is 18.2 Å². The van der Waals surface area contributed by atoms with E-state index in [4.69, 9.17) is 4.74 Å². The third kappa shape index (κ3) is 6.52. The summed E-state index contributed by atoms with van der Waals surface area (Å²) in [6, 6.07) is 18.7. The molecule has 3 aromatic rings. The molecule has 38 heavy (non-hydrogen) atoms. The average molecular weight is 516 g/mol. The highest BCUT2D eigenvalue weighted by Gasteiger charge is 2.46. The normalized spacial score (nSPS) is 17.4. The first kappa shape index (κ1) is 27.2. The highest BCUT2D eigenvalue weighted by atomic mass is 16.6. The van der Waals surface area contributed by atoms with Crippen molar-refractivity contribution in [2.45, 2.75) is 65.6 Å². The second kappa shape index (κ2) is 10.9. The average Bonchev–Trinajstić information content (AvgIpc) is 3.57. The van der Waals surface area contributed by atoms with Crippen molar-refractivity contribution in [2.24, 2.45) is 5.92 Å². The van der Waals surface area contributed by atoms with E-state index in [1.54, 1.807) is 25.7 Å². The number of ether oxygens (including phenoxy) is 1. The van der Waals surface area contributed by atoms with Crippen LogP contribution >= 0.6 is 0 Å². The standard InChI is InChI=1S/C31H37N3O4/c1-19-11-12-20(2)25(15-19)28(29(36)33-24-14-13-22-9-7-8-10-23(22)17-24)34(26-16-21(26)3)27(35)18-32-30(37)38-31(4,5)6/h7-15,17,21,26,28H,16,18H2,1-6H3,(H,32,37)(H,33,36). The van der Waals surface area contributed by atoms with E-state index < -0.39 is 17.7 Å². The van der Waals surface area contributed by atoms with Crippen LogP contribution in [0.4, 0.5) is 10.5 Å². The van der Waals surface area contributed by atoms with Crippen molar-refractivity contribution >= 4 is 34.4 Å². The van der Waals surface area contributed by atoms with Crippen LogP contribution in [0.2, 0.25) is 0 Å². The van der Waals surface area contributed by atoms with Crippen molar-refractivity contribution < 1.29 is 19.1 Å². The summed E-state index contributed by atoms with van der Waals surface area (Å²) < 4.78 is 5.31. The number of nitrogens with one attached hydrogen (secondary N) is 2. The lowest BCUT2D eigenvalue weighted by Gasteiger charge is -2.33. The molecule has 7 heteroatoms. The molecule has 0 aromatic heterocycles. The highest BCUT2D eigenvalue weighted by Crippen LogP contribution is 2.41. The Hall–Kier alpha value is -3.87. The number of nitrogens with zero attached hydrogens (tertiary/aromatic N) is 1. The SMILES string of the molecule is Cc1ccc(C)c(C(C(=O)Nc2ccc3ccccc3c2)N(C(=O)CNC(=O)OC(C)(C)C)C2CC2C)c1. The summed E-state index contributed by atoms with van der Waals surface area (Å²) in [7, 11) is 0. The molecule has 3 aromatic carbocycles. The fourth-order valence-corrected chi connectivity index (χ4v) is 4.71. The van der Waals surface area contributed by atoms with Crippen LogP contribution in [0.3, 0.4) is 0 Å². The molecule has 0 aliphatic heterocycles. The van der Waals surface area contributed by atoms with Crippen LogP contribution in [-0.2, 0) is 14.3 Å². The molecule has 1 aliphatic carbocycles. The molecule has 0 spiro atoms. The van der Waals surface area contributed by atoms with Gasteiger partial charge in [0.15, 0.2) is 0 Å². The van der Waals surface area contributed by atoms with E-state index in [0.717, 1.165) is 33.9 Å². The van der Waals surface area contributed by atoms with Crippen molar-refractivity contribution in [2.75, 3.05) is 11.9 Å². The van der Waals surface area contributed by atoms with Crippen LogP contribution in [0.5, 0.6) is 0 Å². The molecule has 1 fully saturated rings. The Morgan fingerprint density at radius 1 is 1.00 bits per heavy atom. The first-order chi connectivity index (χ1) is 17.9. The summed E-state index contributed by atoms with van der Waals surface area (Å²) in [4.78, 5) is 41.6. The largest absolute Gasteiger partial charge is 0.444 e. The van der Waals surface area contributed by atoms with E-state index in [2.05, 4.69) is 17.6 Å². The monoisotopic (exact) mass is 515 g/mol. The second-order valence-electron chi connectivity index (χ2n) is 11.3. The molecular formula is C31H37N3O4. The predicted molar refractivity (Wildman–Crippen MR) is 150 cm³/mol. The first-order valence-electron chi connectivity index (χ1n) is 13.1. The Bertz CT molecular complexity index is 1360. The number of anilines is 1. The maximum atomic E-state index is 14.0. The lowest BCUT2D eigenvalue weighted by Crippen LogP contribution is -2.48. The van der Waals surface area contributed by atoms with Gasteiger partial charge in [0.05, 0.1) is 0 Å². The molecular weight excluding hydrogens is 478 g/mol. The molecule has 2 N–H and O–H groups in total. The van der Waals surface area contributed by atoms with Gasteiger partial charge in [-0.3, -0.25) is 9.59 Å². The number of carbonyl (C=O) groups is 3. The van der Waals surface area contributed by atoms with Gasteiger partial charge in [-0.05, 0) is 81.0 Å². The number of amides is 3. The van der Waals surface area contributed by atoms with E-state index in [0.29, 0.717) is 5.69 Å². The molecule has 0 saturated heterocycles. The topological polar surface area (TPSA) is 87.7 Å². The minimum atomic E-state index is -0.857. The van der Waals surface area contributed by atoms with E-state index >= 15 is 0 Å². The van der Waals surface area contributed by atoms with Gasteiger partial charge in [0.2, 0.25) is 5.91 Å². The number of hydrogen-bond donors (Lipinski definition) is 2. The summed E-state index contributed by atoms with van der Waals surface area (Å²) in [6.07, 6.45) is 0.126. The van der Waals surface area contributed by atoms with Crippen LogP contribution in [-0.4, -0.2) is 41.0 Å². The smallest absolute Gasteiger partial charge is 0.408 e. The van der Waals surface area contributed by atoms with Gasteiger partial charge < -0.3 is 20.3 Å². The molecule has 3 amide bonds. The van der Waals surface area contributed by atoms with Gasteiger partial charge in [-0.2, -0.15) is 0 Å². The minimum absolute atomic E-state index is 0.102. The number of hydrogen-bond acceptors (Lipinski definition) is 4. The maximum Gasteiger partial charge on any atom is 0.408 e. The van der Waals surface area contributed by atoms with E-state index in [1.165, 1.54) is 0 Å². The lowest BCUT2D eigenvalue weighted by molar-refractivity contribution is -0.139. The van der Waals surface area contributed by atoms with Crippen LogP contribution in [0.15, 0.2) is 60.7 Å². The Morgan fingerprint density at radius 2 is 1.68 bits per heavy atom. The summed E-state index contributed by atoms with van der Waals surface area (Å²) in [5.41, 5.74) is 2.66. The van der Waals surface area contributed by atoms with Crippen molar-refractivity contribution in [3.63, 3.8) is 0 Å². The zero-order valence-corrected chi connectivity index (χ0v) is 23.0. The van der Waals surface area contributed by atoms with Crippen LogP contribution in [0.25, 0.3) is 10.8 Å². The van der Waals surface area contributed by atoms with Gasteiger partial charge in [-0.25, -0.2) is 4.79 Å². The molecule has 1 aliphatic rings. The molecule has 0 heterocycles. The second-order valence-corrected chi connectivity index (χ2v) is 11.3. The Kier molecular flexibility index (Phi) is 7.76. The molecule has 4 rings (SSSR count). The molecule has 7 nitrogen and oxygen atoms in total. The van der Waals surface area contributed by atoms with E-state index in [9.17, 15) is 14.4 Å². The zero-order chi connectivity index (χ0) is 27.6. The highest BCUT2D eigenvalue weighted by molar-refractivity contribution is 6.00. The number of benzene rings is 3. The lowest BCUT2D eigenvalue weighted by atomic mass is 9.96. The number of carbonyl (C=O) groups excluding carboxylic acids is 3. The number of alkyl carbamates (subject to hydrolysis) is 1. The number of aryl methyl sites for hydroxylation is 2.